The van der Waals surface area contributed by atoms with Crippen molar-refractivity contribution in [2.75, 3.05) is 0 Å². The Labute approximate surface area is 110 Å². The average Bonchev–Trinajstić information content (AvgIpc) is 2.46. The summed E-state index contributed by atoms with van der Waals surface area (Å²) in [5.74, 6) is -0.712. The van der Waals surface area contributed by atoms with Crippen LogP contribution in [-0.2, 0) is 6.54 Å². The summed E-state index contributed by atoms with van der Waals surface area (Å²) in [5, 5.41) is 2.78. The van der Waals surface area contributed by atoms with E-state index in [4.69, 9.17) is 5.73 Å². The predicted octanol–water partition coefficient (Wildman–Crippen LogP) is 1.11. The number of rotatable bonds is 4. The second kappa shape index (κ2) is 5.77. The Morgan fingerprint density at radius 1 is 1.00 bits per heavy atom. The molecule has 0 aliphatic carbocycles. The van der Waals surface area contributed by atoms with E-state index in [0.717, 1.165) is 5.56 Å². The molecule has 0 atom stereocenters. The second-order valence-corrected chi connectivity index (χ2v) is 3.98. The van der Waals surface area contributed by atoms with Crippen LogP contribution >= 0.6 is 0 Å². The summed E-state index contributed by atoms with van der Waals surface area (Å²) in [7, 11) is 0. The van der Waals surface area contributed by atoms with Gasteiger partial charge in [0.25, 0.3) is 5.91 Å². The Balaban J connectivity index is 1.98. The number of benzene rings is 1. The molecule has 19 heavy (non-hydrogen) atoms. The third kappa shape index (κ3) is 3.38. The summed E-state index contributed by atoms with van der Waals surface area (Å²) < 4.78 is 0. The molecule has 0 fully saturated rings. The largest absolute Gasteiger partial charge is 0.366 e. The number of pyridine rings is 1. The van der Waals surface area contributed by atoms with Crippen molar-refractivity contribution in [1.82, 2.24) is 10.3 Å². The lowest BCUT2D eigenvalue weighted by atomic mass is 10.1. The zero-order chi connectivity index (χ0) is 13.7. The van der Waals surface area contributed by atoms with Gasteiger partial charge in [-0.15, -0.1) is 0 Å². The number of nitrogens with zero attached hydrogens (tertiary/aromatic N) is 1. The highest BCUT2D eigenvalue weighted by molar-refractivity contribution is 5.97. The normalized spacial score (nSPS) is 9.89. The summed E-state index contributed by atoms with van der Waals surface area (Å²) in [6.45, 7) is 0.429. The molecule has 3 N–H and O–H groups in total. The molecule has 0 unspecified atom stereocenters. The van der Waals surface area contributed by atoms with Crippen LogP contribution in [0.3, 0.4) is 0 Å². The van der Waals surface area contributed by atoms with Crippen LogP contribution in [-0.4, -0.2) is 16.8 Å². The molecular weight excluding hydrogens is 242 g/mol. The number of hydrogen-bond donors (Lipinski definition) is 2. The fraction of sp³-hybridized carbons (Fsp3) is 0.0714. The molecule has 96 valence electrons. The quantitative estimate of drug-likeness (QED) is 0.858. The Morgan fingerprint density at radius 2 is 1.58 bits per heavy atom. The molecule has 5 heteroatoms. The zero-order valence-corrected chi connectivity index (χ0v) is 10.2. The lowest BCUT2D eigenvalue weighted by Crippen LogP contribution is -2.23. The van der Waals surface area contributed by atoms with Gasteiger partial charge in [-0.25, -0.2) is 0 Å². The molecule has 0 spiro atoms. The number of nitrogens with one attached hydrogen (secondary N) is 1. The highest BCUT2D eigenvalue weighted by Crippen LogP contribution is 2.04. The maximum absolute atomic E-state index is 11.9. The molecule has 2 rings (SSSR count). The van der Waals surface area contributed by atoms with Gasteiger partial charge >= 0.3 is 0 Å². The Kier molecular flexibility index (Phi) is 3.87. The molecule has 0 saturated heterocycles. The number of hydrogen-bond acceptors (Lipinski definition) is 3. The van der Waals surface area contributed by atoms with Gasteiger partial charge in [-0.1, -0.05) is 0 Å². The Bertz CT molecular complexity index is 579. The minimum absolute atomic E-state index is 0.201. The summed E-state index contributed by atoms with van der Waals surface area (Å²) in [5.41, 5.74) is 6.96. The van der Waals surface area contributed by atoms with Crippen LogP contribution in [0.4, 0.5) is 0 Å². The van der Waals surface area contributed by atoms with E-state index in [0.29, 0.717) is 17.7 Å². The van der Waals surface area contributed by atoms with E-state index in [1.54, 1.807) is 24.5 Å². The van der Waals surface area contributed by atoms with E-state index >= 15 is 0 Å². The minimum Gasteiger partial charge on any atom is -0.366 e. The maximum Gasteiger partial charge on any atom is 0.251 e. The fourth-order valence-corrected chi connectivity index (χ4v) is 1.57. The summed E-state index contributed by atoms with van der Waals surface area (Å²) >= 11 is 0. The topological polar surface area (TPSA) is 85.1 Å². The van der Waals surface area contributed by atoms with Crippen LogP contribution in [0.1, 0.15) is 26.3 Å². The number of carbonyl (C=O) groups excluding carboxylic acids is 2. The first-order chi connectivity index (χ1) is 9.16. The number of aromatic nitrogens is 1. The summed E-state index contributed by atoms with van der Waals surface area (Å²) in [6, 6.07) is 9.87. The van der Waals surface area contributed by atoms with Gasteiger partial charge in [0.15, 0.2) is 0 Å². The highest BCUT2D eigenvalue weighted by atomic mass is 16.2. The van der Waals surface area contributed by atoms with Crippen molar-refractivity contribution in [3.05, 3.63) is 65.5 Å². The fourth-order valence-electron chi connectivity index (χ4n) is 1.57. The molecule has 1 aromatic heterocycles. The van der Waals surface area contributed by atoms with Gasteiger partial charge in [0.05, 0.1) is 0 Å². The van der Waals surface area contributed by atoms with Gasteiger partial charge in [0.1, 0.15) is 0 Å². The number of nitrogens with two attached hydrogens (primary N) is 1. The zero-order valence-electron chi connectivity index (χ0n) is 10.2. The van der Waals surface area contributed by atoms with Crippen molar-refractivity contribution < 1.29 is 9.59 Å². The van der Waals surface area contributed by atoms with Crippen LogP contribution in [0.5, 0.6) is 0 Å². The van der Waals surface area contributed by atoms with Gasteiger partial charge in [-0.2, -0.15) is 0 Å². The number of amides is 2. The lowest BCUT2D eigenvalue weighted by molar-refractivity contribution is 0.0948. The molecule has 0 aliphatic rings. The molecule has 0 saturated carbocycles. The first kappa shape index (κ1) is 12.8. The molecule has 5 nitrogen and oxygen atoms in total. The maximum atomic E-state index is 11.9. The van der Waals surface area contributed by atoms with E-state index in [1.165, 1.54) is 12.1 Å². The third-order valence-electron chi connectivity index (χ3n) is 2.63. The van der Waals surface area contributed by atoms with Gasteiger partial charge in [0, 0.05) is 30.1 Å². The van der Waals surface area contributed by atoms with Gasteiger partial charge in [0.2, 0.25) is 5.91 Å². The van der Waals surface area contributed by atoms with E-state index in [2.05, 4.69) is 10.3 Å². The average molecular weight is 255 g/mol. The van der Waals surface area contributed by atoms with Crippen molar-refractivity contribution >= 4 is 11.8 Å². The van der Waals surface area contributed by atoms with Crippen molar-refractivity contribution in [2.45, 2.75) is 6.54 Å². The van der Waals surface area contributed by atoms with E-state index in [-0.39, 0.29) is 5.91 Å². The monoisotopic (exact) mass is 255 g/mol. The summed E-state index contributed by atoms with van der Waals surface area (Å²) in [6.07, 6.45) is 3.34. The molecule has 2 amide bonds. The van der Waals surface area contributed by atoms with Crippen LogP contribution in [0.25, 0.3) is 0 Å². The smallest absolute Gasteiger partial charge is 0.251 e. The van der Waals surface area contributed by atoms with Crippen LogP contribution in [0, 0.1) is 0 Å². The molecule has 0 aliphatic heterocycles. The van der Waals surface area contributed by atoms with Gasteiger partial charge in [-0.05, 0) is 42.0 Å². The van der Waals surface area contributed by atoms with Crippen LogP contribution < -0.4 is 11.1 Å². The van der Waals surface area contributed by atoms with E-state index in [9.17, 15) is 9.59 Å². The minimum atomic E-state index is -0.510. The molecule has 2 aromatic rings. The van der Waals surface area contributed by atoms with Gasteiger partial charge in [-0.3, -0.25) is 14.6 Å². The number of carbonyl (C=O) groups is 2. The highest BCUT2D eigenvalue weighted by Gasteiger charge is 2.06. The Morgan fingerprint density at radius 3 is 2.16 bits per heavy atom. The van der Waals surface area contributed by atoms with Crippen molar-refractivity contribution in [3.63, 3.8) is 0 Å². The second-order valence-electron chi connectivity index (χ2n) is 3.98. The van der Waals surface area contributed by atoms with Crippen molar-refractivity contribution in [3.8, 4) is 0 Å². The van der Waals surface area contributed by atoms with Gasteiger partial charge < -0.3 is 11.1 Å². The van der Waals surface area contributed by atoms with Crippen molar-refractivity contribution in [1.29, 1.82) is 0 Å². The molecule has 0 bridgehead atoms. The predicted molar refractivity (Wildman–Crippen MR) is 70.4 cm³/mol. The Hall–Kier alpha value is -2.69. The van der Waals surface area contributed by atoms with E-state index in [1.807, 2.05) is 12.1 Å². The third-order valence-corrected chi connectivity index (χ3v) is 2.63. The van der Waals surface area contributed by atoms with Crippen molar-refractivity contribution in [2.24, 2.45) is 5.73 Å². The van der Waals surface area contributed by atoms with Crippen LogP contribution in [0.15, 0.2) is 48.8 Å². The number of primary amides is 1. The summed E-state index contributed by atoms with van der Waals surface area (Å²) in [4.78, 5) is 26.7. The lowest BCUT2D eigenvalue weighted by Gasteiger charge is -2.05. The molecule has 1 aromatic carbocycles. The first-order valence-corrected chi connectivity index (χ1v) is 5.74. The van der Waals surface area contributed by atoms with Crippen LogP contribution in [0.2, 0.25) is 0 Å². The molecule has 0 radical (unpaired) electrons. The standard InChI is InChI=1S/C14H13N3O2/c15-13(18)11-1-3-12(4-2-11)14(19)17-9-10-5-7-16-8-6-10/h1-8H,9H2,(H2,15,18)(H,17,19). The first-order valence-electron chi connectivity index (χ1n) is 5.74. The molecular formula is C14H13N3O2. The van der Waals surface area contributed by atoms with E-state index < -0.39 is 5.91 Å². The molecule has 1 heterocycles. The SMILES string of the molecule is NC(=O)c1ccc(C(=O)NCc2ccncc2)cc1.